The van der Waals surface area contributed by atoms with Crippen LogP contribution in [0.4, 0.5) is 0 Å². The van der Waals surface area contributed by atoms with Crippen molar-refractivity contribution in [3.8, 4) is 0 Å². The fraction of sp³-hybridized carbons (Fsp3) is 0.857. The molecule has 0 aromatic rings. The van der Waals surface area contributed by atoms with E-state index in [1.165, 1.54) is 12.8 Å². The third-order valence-electron chi connectivity index (χ3n) is 4.73. The Morgan fingerprint density at radius 2 is 1.12 bits per heavy atom. The molecule has 0 aliphatic heterocycles. The molecule has 2 aliphatic rings. The molecule has 2 heteroatoms. The summed E-state index contributed by atoms with van der Waals surface area (Å²) < 4.78 is 0. The van der Waals surface area contributed by atoms with E-state index in [-0.39, 0.29) is 11.8 Å². The average molecular weight is 222 g/mol. The summed E-state index contributed by atoms with van der Waals surface area (Å²) in [5.41, 5.74) is 0. The van der Waals surface area contributed by atoms with Crippen molar-refractivity contribution in [1.82, 2.24) is 0 Å². The van der Waals surface area contributed by atoms with Gasteiger partial charge in [-0.1, -0.05) is 12.8 Å². The highest BCUT2D eigenvalue weighted by Crippen LogP contribution is 2.47. The van der Waals surface area contributed by atoms with Crippen molar-refractivity contribution in [2.75, 3.05) is 0 Å². The van der Waals surface area contributed by atoms with Gasteiger partial charge in [0.25, 0.3) is 0 Å². The summed E-state index contributed by atoms with van der Waals surface area (Å²) in [5.74, 6) is 2.21. The van der Waals surface area contributed by atoms with E-state index in [0.29, 0.717) is 23.4 Å². The minimum absolute atomic E-state index is 0.251. The minimum Gasteiger partial charge on any atom is -0.300 e. The second kappa shape index (κ2) is 4.68. The Hall–Kier alpha value is -0.660. The largest absolute Gasteiger partial charge is 0.300 e. The highest BCUT2D eigenvalue weighted by atomic mass is 16.1. The van der Waals surface area contributed by atoms with Crippen LogP contribution in [0, 0.1) is 23.7 Å². The summed E-state index contributed by atoms with van der Waals surface area (Å²) in [6, 6.07) is 0. The minimum atomic E-state index is 0.251. The Morgan fingerprint density at radius 3 is 1.44 bits per heavy atom. The lowest BCUT2D eigenvalue weighted by Gasteiger charge is -2.44. The molecule has 4 unspecified atom stereocenters. The van der Waals surface area contributed by atoms with Crippen LogP contribution in [0.15, 0.2) is 0 Å². The summed E-state index contributed by atoms with van der Waals surface area (Å²) >= 11 is 0. The molecule has 16 heavy (non-hydrogen) atoms. The molecule has 2 saturated carbocycles. The van der Waals surface area contributed by atoms with E-state index in [1.54, 1.807) is 13.8 Å². The molecule has 0 bridgehead atoms. The second-order valence-corrected chi connectivity index (χ2v) is 5.62. The van der Waals surface area contributed by atoms with Gasteiger partial charge in [-0.3, -0.25) is 9.59 Å². The van der Waals surface area contributed by atoms with Gasteiger partial charge in [0.15, 0.2) is 0 Å². The SMILES string of the molecule is CC(=O)C1CCCC2C(C(C)=O)CCCC12. The molecule has 2 rings (SSSR count). The lowest BCUT2D eigenvalue weighted by Crippen LogP contribution is -2.41. The second-order valence-electron chi connectivity index (χ2n) is 5.62. The van der Waals surface area contributed by atoms with E-state index in [1.807, 2.05) is 0 Å². The number of hydrogen-bond acceptors (Lipinski definition) is 2. The molecule has 4 atom stereocenters. The molecule has 0 saturated heterocycles. The third-order valence-corrected chi connectivity index (χ3v) is 4.73. The average Bonchev–Trinajstić information content (AvgIpc) is 2.27. The smallest absolute Gasteiger partial charge is 0.133 e. The van der Waals surface area contributed by atoms with Gasteiger partial charge in [-0.25, -0.2) is 0 Å². The van der Waals surface area contributed by atoms with Gasteiger partial charge in [0.05, 0.1) is 0 Å². The van der Waals surface area contributed by atoms with Gasteiger partial charge in [0, 0.05) is 11.8 Å². The van der Waals surface area contributed by atoms with E-state index in [2.05, 4.69) is 0 Å². The number of rotatable bonds is 2. The molecule has 0 amide bonds. The molecular weight excluding hydrogens is 200 g/mol. The molecule has 0 spiro atoms. The van der Waals surface area contributed by atoms with E-state index in [4.69, 9.17) is 0 Å². The number of carbonyl (C=O) groups is 2. The molecule has 0 aromatic carbocycles. The maximum Gasteiger partial charge on any atom is 0.133 e. The summed E-state index contributed by atoms with van der Waals surface area (Å²) in [7, 11) is 0. The monoisotopic (exact) mass is 222 g/mol. The number of ketones is 2. The van der Waals surface area contributed by atoms with Gasteiger partial charge < -0.3 is 0 Å². The van der Waals surface area contributed by atoms with Gasteiger partial charge in [-0.05, 0) is 51.4 Å². The van der Waals surface area contributed by atoms with E-state index in [9.17, 15) is 9.59 Å². The van der Waals surface area contributed by atoms with Crippen LogP contribution in [0.5, 0.6) is 0 Å². The standard InChI is InChI=1S/C14H22O2/c1-9(15)11-5-3-8-14-12(10(2)16)6-4-7-13(11)14/h11-14H,3-8H2,1-2H3. The lowest BCUT2D eigenvalue weighted by atomic mass is 9.60. The normalized spacial score (nSPS) is 38.9. The zero-order valence-electron chi connectivity index (χ0n) is 10.4. The first-order valence-electron chi connectivity index (χ1n) is 6.62. The molecule has 0 radical (unpaired) electrons. The van der Waals surface area contributed by atoms with Gasteiger partial charge in [0.2, 0.25) is 0 Å². The lowest BCUT2D eigenvalue weighted by molar-refractivity contribution is -0.131. The van der Waals surface area contributed by atoms with Crippen molar-refractivity contribution < 1.29 is 9.59 Å². The number of hydrogen-bond donors (Lipinski definition) is 0. The van der Waals surface area contributed by atoms with Crippen LogP contribution in [0.25, 0.3) is 0 Å². The molecule has 90 valence electrons. The maximum absolute atomic E-state index is 11.6. The van der Waals surface area contributed by atoms with Crippen molar-refractivity contribution >= 4 is 11.6 Å². The first-order valence-corrected chi connectivity index (χ1v) is 6.62. The van der Waals surface area contributed by atoms with Crippen LogP contribution in [-0.2, 0) is 9.59 Å². The summed E-state index contributed by atoms with van der Waals surface area (Å²) in [4.78, 5) is 23.3. The third kappa shape index (κ3) is 2.07. The van der Waals surface area contributed by atoms with Crippen LogP contribution in [-0.4, -0.2) is 11.6 Å². The predicted molar refractivity (Wildman–Crippen MR) is 63.0 cm³/mol. The van der Waals surface area contributed by atoms with E-state index >= 15 is 0 Å². The van der Waals surface area contributed by atoms with E-state index < -0.39 is 0 Å². The van der Waals surface area contributed by atoms with E-state index in [0.717, 1.165) is 25.7 Å². The van der Waals surface area contributed by atoms with Crippen molar-refractivity contribution in [1.29, 1.82) is 0 Å². The number of Topliss-reactive ketones (excluding diaryl/α,β-unsaturated/α-hetero) is 2. The molecule has 0 heterocycles. The van der Waals surface area contributed by atoms with Crippen molar-refractivity contribution in [3.05, 3.63) is 0 Å². The molecular formula is C14H22O2. The van der Waals surface area contributed by atoms with Gasteiger partial charge in [0.1, 0.15) is 11.6 Å². The fourth-order valence-electron chi connectivity index (χ4n) is 4.01. The Labute approximate surface area is 97.8 Å². The van der Waals surface area contributed by atoms with Crippen LogP contribution in [0.2, 0.25) is 0 Å². The van der Waals surface area contributed by atoms with Gasteiger partial charge in [-0.15, -0.1) is 0 Å². The van der Waals surface area contributed by atoms with Crippen LogP contribution >= 0.6 is 0 Å². The predicted octanol–water partition coefficient (Wildman–Crippen LogP) is 3.00. The highest BCUT2D eigenvalue weighted by Gasteiger charge is 2.42. The fourth-order valence-corrected chi connectivity index (χ4v) is 4.01. The molecule has 2 fully saturated rings. The Balaban J connectivity index is 2.17. The highest BCUT2D eigenvalue weighted by molar-refractivity contribution is 5.80. The summed E-state index contributed by atoms with van der Waals surface area (Å²) in [5, 5.41) is 0. The first-order chi connectivity index (χ1) is 7.61. The van der Waals surface area contributed by atoms with Gasteiger partial charge in [-0.2, -0.15) is 0 Å². The summed E-state index contributed by atoms with van der Waals surface area (Å²) in [6.07, 6.45) is 6.71. The van der Waals surface area contributed by atoms with Crippen LogP contribution in [0.1, 0.15) is 52.4 Å². The Bertz CT molecular complexity index is 265. The van der Waals surface area contributed by atoms with Crippen LogP contribution in [0.3, 0.4) is 0 Å². The van der Waals surface area contributed by atoms with Crippen molar-refractivity contribution in [3.63, 3.8) is 0 Å². The Morgan fingerprint density at radius 1 is 0.750 bits per heavy atom. The number of carbonyl (C=O) groups excluding carboxylic acids is 2. The quantitative estimate of drug-likeness (QED) is 0.719. The maximum atomic E-state index is 11.6. The van der Waals surface area contributed by atoms with Crippen LogP contribution < -0.4 is 0 Å². The molecule has 0 aromatic heterocycles. The zero-order chi connectivity index (χ0) is 11.7. The van der Waals surface area contributed by atoms with Crippen molar-refractivity contribution in [2.24, 2.45) is 23.7 Å². The Kier molecular flexibility index (Phi) is 3.46. The zero-order valence-corrected chi connectivity index (χ0v) is 10.4. The summed E-state index contributed by atoms with van der Waals surface area (Å²) in [6.45, 7) is 3.45. The molecule has 2 nitrogen and oxygen atoms in total. The van der Waals surface area contributed by atoms with Crippen molar-refractivity contribution in [2.45, 2.75) is 52.4 Å². The topological polar surface area (TPSA) is 34.1 Å². The first kappa shape index (κ1) is 11.8. The van der Waals surface area contributed by atoms with Gasteiger partial charge >= 0.3 is 0 Å². The molecule has 2 aliphatic carbocycles. The number of fused-ring (bicyclic) bond motifs is 1. The molecule has 0 N–H and O–H groups in total.